The fourth-order valence-electron chi connectivity index (χ4n) is 2.83. The van der Waals surface area contributed by atoms with E-state index in [1.807, 2.05) is 24.3 Å². The van der Waals surface area contributed by atoms with Crippen molar-refractivity contribution in [2.75, 3.05) is 11.9 Å². The Bertz CT molecular complexity index is 441. The summed E-state index contributed by atoms with van der Waals surface area (Å²) in [5.41, 5.74) is 1.82. The minimum atomic E-state index is 0.0537. The third-order valence-electron chi connectivity index (χ3n) is 4.51. The molecular weight excluding hydrogens is 248 g/mol. The van der Waals surface area contributed by atoms with Crippen molar-refractivity contribution in [3.05, 3.63) is 29.8 Å². The third kappa shape index (κ3) is 3.53. The van der Waals surface area contributed by atoms with Crippen LogP contribution in [-0.2, 0) is 0 Å². The number of nitrogens with one attached hydrogen (secondary N) is 2. The maximum atomic E-state index is 12.2. The molecule has 0 saturated heterocycles. The molecule has 2 rings (SSSR count). The smallest absolute Gasteiger partial charge is 0.251 e. The van der Waals surface area contributed by atoms with Gasteiger partial charge in [0.2, 0.25) is 0 Å². The SMILES string of the molecule is CCCNc1ccc(C(=O)NC2CCC(C)C2C)cc1. The van der Waals surface area contributed by atoms with Crippen LogP contribution in [-0.4, -0.2) is 18.5 Å². The van der Waals surface area contributed by atoms with Crippen LogP contribution in [0.5, 0.6) is 0 Å². The molecule has 0 aromatic heterocycles. The summed E-state index contributed by atoms with van der Waals surface area (Å²) in [6, 6.07) is 8.08. The quantitative estimate of drug-likeness (QED) is 0.860. The maximum Gasteiger partial charge on any atom is 0.251 e. The average Bonchev–Trinajstić information content (AvgIpc) is 2.77. The summed E-state index contributed by atoms with van der Waals surface area (Å²) < 4.78 is 0. The molecule has 0 radical (unpaired) electrons. The Labute approximate surface area is 122 Å². The first-order valence-corrected chi connectivity index (χ1v) is 7.76. The zero-order valence-electron chi connectivity index (χ0n) is 12.8. The first-order chi connectivity index (χ1) is 9.61. The lowest BCUT2D eigenvalue weighted by Gasteiger charge is -2.19. The predicted octanol–water partition coefficient (Wildman–Crippen LogP) is 3.67. The summed E-state index contributed by atoms with van der Waals surface area (Å²) >= 11 is 0. The minimum Gasteiger partial charge on any atom is -0.385 e. The van der Waals surface area contributed by atoms with Crippen LogP contribution in [0.4, 0.5) is 5.69 Å². The molecule has 1 saturated carbocycles. The van der Waals surface area contributed by atoms with Gasteiger partial charge in [-0.05, 0) is 55.4 Å². The van der Waals surface area contributed by atoms with E-state index in [4.69, 9.17) is 0 Å². The zero-order chi connectivity index (χ0) is 14.5. The Balaban J connectivity index is 1.92. The third-order valence-corrected chi connectivity index (χ3v) is 4.51. The second kappa shape index (κ2) is 6.78. The molecule has 110 valence electrons. The number of anilines is 1. The summed E-state index contributed by atoms with van der Waals surface area (Å²) in [6.45, 7) is 7.60. The summed E-state index contributed by atoms with van der Waals surface area (Å²) in [4.78, 5) is 12.2. The molecule has 3 heteroatoms. The van der Waals surface area contributed by atoms with Crippen LogP contribution in [0.15, 0.2) is 24.3 Å². The topological polar surface area (TPSA) is 41.1 Å². The Kier molecular flexibility index (Phi) is 5.05. The minimum absolute atomic E-state index is 0.0537. The molecule has 1 fully saturated rings. The van der Waals surface area contributed by atoms with Gasteiger partial charge in [0.1, 0.15) is 0 Å². The van der Waals surface area contributed by atoms with E-state index in [2.05, 4.69) is 31.4 Å². The molecule has 0 aliphatic heterocycles. The number of hydrogen-bond donors (Lipinski definition) is 2. The van der Waals surface area contributed by atoms with Crippen molar-refractivity contribution in [3.63, 3.8) is 0 Å². The second-order valence-electron chi connectivity index (χ2n) is 6.00. The van der Waals surface area contributed by atoms with E-state index in [0.29, 0.717) is 17.9 Å². The summed E-state index contributed by atoms with van der Waals surface area (Å²) in [5, 5.41) is 6.49. The molecule has 0 heterocycles. The highest BCUT2D eigenvalue weighted by Gasteiger charge is 2.30. The first kappa shape index (κ1) is 14.9. The van der Waals surface area contributed by atoms with Gasteiger partial charge in [0.25, 0.3) is 5.91 Å². The van der Waals surface area contributed by atoms with Gasteiger partial charge in [-0.2, -0.15) is 0 Å². The molecule has 1 aliphatic carbocycles. The molecule has 0 bridgehead atoms. The van der Waals surface area contributed by atoms with Crippen molar-refractivity contribution in [3.8, 4) is 0 Å². The van der Waals surface area contributed by atoms with Crippen LogP contribution < -0.4 is 10.6 Å². The predicted molar refractivity (Wildman–Crippen MR) is 84.0 cm³/mol. The molecule has 20 heavy (non-hydrogen) atoms. The van der Waals surface area contributed by atoms with Crippen LogP contribution in [0, 0.1) is 11.8 Å². The number of carbonyl (C=O) groups excluding carboxylic acids is 1. The molecule has 1 aromatic carbocycles. The van der Waals surface area contributed by atoms with Crippen molar-refractivity contribution in [2.45, 2.75) is 46.1 Å². The fraction of sp³-hybridized carbons (Fsp3) is 0.588. The molecule has 2 N–H and O–H groups in total. The van der Waals surface area contributed by atoms with Crippen LogP contribution >= 0.6 is 0 Å². The fourth-order valence-corrected chi connectivity index (χ4v) is 2.83. The van der Waals surface area contributed by atoms with Crippen molar-refractivity contribution in [1.82, 2.24) is 5.32 Å². The Hall–Kier alpha value is -1.51. The molecule has 3 nitrogen and oxygen atoms in total. The van der Waals surface area contributed by atoms with Crippen molar-refractivity contribution >= 4 is 11.6 Å². The van der Waals surface area contributed by atoms with Gasteiger partial charge in [-0.1, -0.05) is 20.8 Å². The lowest BCUT2D eigenvalue weighted by molar-refractivity contribution is 0.0927. The van der Waals surface area contributed by atoms with Crippen LogP contribution in [0.3, 0.4) is 0 Å². The van der Waals surface area contributed by atoms with E-state index < -0.39 is 0 Å². The van der Waals surface area contributed by atoms with Crippen LogP contribution in [0.2, 0.25) is 0 Å². The van der Waals surface area contributed by atoms with E-state index in [1.165, 1.54) is 6.42 Å². The van der Waals surface area contributed by atoms with Crippen molar-refractivity contribution < 1.29 is 4.79 Å². The number of hydrogen-bond acceptors (Lipinski definition) is 2. The Morgan fingerprint density at radius 3 is 2.45 bits per heavy atom. The highest BCUT2D eigenvalue weighted by atomic mass is 16.1. The number of rotatable bonds is 5. The molecule has 1 amide bonds. The van der Waals surface area contributed by atoms with Crippen LogP contribution in [0.25, 0.3) is 0 Å². The van der Waals surface area contributed by atoms with Gasteiger partial charge >= 0.3 is 0 Å². The van der Waals surface area contributed by atoms with E-state index in [1.54, 1.807) is 0 Å². The van der Waals surface area contributed by atoms with Gasteiger partial charge in [-0.3, -0.25) is 4.79 Å². The normalized spacial score (nSPS) is 25.4. The summed E-state index contributed by atoms with van der Waals surface area (Å²) in [7, 11) is 0. The van der Waals surface area contributed by atoms with E-state index in [9.17, 15) is 4.79 Å². The largest absolute Gasteiger partial charge is 0.385 e. The highest BCUT2D eigenvalue weighted by molar-refractivity contribution is 5.94. The number of benzene rings is 1. The zero-order valence-corrected chi connectivity index (χ0v) is 12.8. The lowest BCUT2D eigenvalue weighted by atomic mass is 9.97. The van der Waals surface area contributed by atoms with Gasteiger partial charge in [-0.25, -0.2) is 0 Å². The monoisotopic (exact) mass is 274 g/mol. The lowest BCUT2D eigenvalue weighted by Crippen LogP contribution is -2.37. The first-order valence-electron chi connectivity index (χ1n) is 7.76. The summed E-state index contributed by atoms with van der Waals surface area (Å²) in [6.07, 6.45) is 3.41. The highest BCUT2D eigenvalue weighted by Crippen LogP contribution is 2.31. The Morgan fingerprint density at radius 2 is 1.90 bits per heavy atom. The molecule has 1 aliphatic rings. The van der Waals surface area contributed by atoms with E-state index in [0.717, 1.165) is 30.6 Å². The van der Waals surface area contributed by atoms with Gasteiger partial charge in [0.05, 0.1) is 0 Å². The average molecular weight is 274 g/mol. The Morgan fingerprint density at radius 1 is 1.20 bits per heavy atom. The van der Waals surface area contributed by atoms with Gasteiger partial charge < -0.3 is 10.6 Å². The van der Waals surface area contributed by atoms with Gasteiger partial charge in [-0.15, -0.1) is 0 Å². The van der Waals surface area contributed by atoms with Crippen LogP contribution in [0.1, 0.15) is 50.4 Å². The maximum absolute atomic E-state index is 12.2. The van der Waals surface area contributed by atoms with Gasteiger partial charge in [0, 0.05) is 23.8 Å². The molecular formula is C17H26N2O. The number of carbonyl (C=O) groups is 1. The molecule has 3 unspecified atom stereocenters. The van der Waals surface area contributed by atoms with E-state index in [-0.39, 0.29) is 5.91 Å². The molecule has 0 spiro atoms. The van der Waals surface area contributed by atoms with Gasteiger partial charge in [0.15, 0.2) is 0 Å². The van der Waals surface area contributed by atoms with Crippen molar-refractivity contribution in [1.29, 1.82) is 0 Å². The van der Waals surface area contributed by atoms with Crippen molar-refractivity contribution in [2.24, 2.45) is 11.8 Å². The molecule has 1 aromatic rings. The molecule has 3 atom stereocenters. The summed E-state index contributed by atoms with van der Waals surface area (Å²) in [5.74, 6) is 1.34. The standard InChI is InChI=1S/C17H26N2O/c1-4-11-18-15-8-6-14(7-9-15)17(20)19-16-10-5-12(2)13(16)3/h6-9,12-13,16,18H,4-5,10-11H2,1-3H3,(H,19,20). The number of amides is 1. The second-order valence-corrected chi connectivity index (χ2v) is 6.00. The van der Waals surface area contributed by atoms with E-state index >= 15 is 0 Å².